The number of nitrogens with zero attached hydrogens (tertiary/aromatic N) is 1. The van der Waals surface area contributed by atoms with Crippen molar-refractivity contribution in [2.45, 2.75) is 26.2 Å². The average Bonchev–Trinajstić information content (AvgIpc) is 2.87. The third-order valence-corrected chi connectivity index (χ3v) is 5.20. The van der Waals surface area contributed by atoms with Crippen LogP contribution >= 0.6 is 0 Å². The van der Waals surface area contributed by atoms with Crippen molar-refractivity contribution in [3.8, 4) is 5.75 Å². The number of carbonyl (C=O) groups excluding carboxylic acids is 1. The van der Waals surface area contributed by atoms with Gasteiger partial charge < -0.3 is 15.0 Å². The molecule has 1 aromatic carbocycles. The quantitative estimate of drug-likeness (QED) is 0.928. The average molecular weight is 302 g/mol. The number of rotatable bonds is 3. The van der Waals surface area contributed by atoms with Crippen LogP contribution in [0.2, 0.25) is 0 Å². The van der Waals surface area contributed by atoms with Crippen LogP contribution in [0.25, 0.3) is 0 Å². The highest BCUT2D eigenvalue weighted by Crippen LogP contribution is 2.27. The molecule has 1 amide bonds. The van der Waals surface area contributed by atoms with Crippen LogP contribution in [0.4, 0.5) is 0 Å². The van der Waals surface area contributed by atoms with Crippen molar-refractivity contribution >= 4 is 5.91 Å². The molecule has 0 unspecified atom stereocenters. The SMILES string of the molecule is COc1cc(CC(=O)N2CC[C@@H]3CNC[C@@H]3CC2)ccc1C. The molecule has 2 aliphatic rings. The Bertz CT molecular complexity index is 530. The monoisotopic (exact) mass is 302 g/mol. The molecule has 0 aromatic heterocycles. The first-order chi connectivity index (χ1) is 10.7. The molecule has 0 aliphatic carbocycles. The number of likely N-dealkylation sites (tertiary alicyclic amines) is 1. The van der Waals surface area contributed by atoms with E-state index in [4.69, 9.17) is 4.74 Å². The summed E-state index contributed by atoms with van der Waals surface area (Å²) in [4.78, 5) is 14.7. The Hall–Kier alpha value is -1.55. The smallest absolute Gasteiger partial charge is 0.226 e. The second-order valence-electron chi connectivity index (χ2n) is 6.62. The predicted octanol–water partition coefficient (Wildman–Crippen LogP) is 2.00. The molecule has 120 valence electrons. The van der Waals surface area contributed by atoms with E-state index < -0.39 is 0 Å². The van der Waals surface area contributed by atoms with Gasteiger partial charge in [0.1, 0.15) is 5.75 Å². The summed E-state index contributed by atoms with van der Waals surface area (Å²) in [7, 11) is 1.68. The molecular formula is C18H26N2O2. The number of benzene rings is 1. The van der Waals surface area contributed by atoms with E-state index >= 15 is 0 Å². The lowest BCUT2D eigenvalue weighted by Crippen LogP contribution is -2.33. The summed E-state index contributed by atoms with van der Waals surface area (Å²) in [5, 5.41) is 3.48. The number of fused-ring (bicyclic) bond motifs is 1. The summed E-state index contributed by atoms with van der Waals surface area (Å²) < 4.78 is 5.35. The second kappa shape index (κ2) is 6.69. The Balaban J connectivity index is 1.62. The van der Waals surface area contributed by atoms with E-state index in [9.17, 15) is 4.79 Å². The Morgan fingerprint density at radius 2 is 1.95 bits per heavy atom. The molecule has 2 fully saturated rings. The van der Waals surface area contributed by atoms with Crippen LogP contribution in [0.1, 0.15) is 24.0 Å². The third-order valence-electron chi connectivity index (χ3n) is 5.20. The van der Waals surface area contributed by atoms with Gasteiger partial charge in [-0.05, 0) is 61.9 Å². The molecule has 1 aromatic rings. The van der Waals surface area contributed by atoms with Gasteiger partial charge in [0.25, 0.3) is 0 Å². The van der Waals surface area contributed by atoms with Crippen molar-refractivity contribution in [3.63, 3.8) is 0 Å². The van der Waals surface area contributed by atoms with Crippen LogP contribution in [0, 0.1) is 18.8 Å². The molecule has 4 heteroatoms. The van der Waals surface area contributed by atoms with Crippen LogP contribution in [-0.2, 0) is 11.2 Å². The minimum absolute atomic E-state index is 0.249. The van der Waals surface area contributed by atoms with Crippen molar-refractivity contribution in [2.75, 3.05) is 33.3 Å². The maximum Gasteiger partial charge on any atom is 0.226 e. The third kappa shape index (κ3) is 3.27. The predicted molar refractivity (Wildman–Crippen MR) is 87.1 cm³/mol. The molecule has 0 spiro atoms. The standard InChI is InChI=1S/C18H26N2O2/c1-13-3-4-14(9-17(13)22-2)10-18(21)20-7-5-15-11-19-12-16(15)6-8-20/h3-4,9,15-16,19H,5-8,10-12H2,1-2H3/t15-,16+. The fourth-order valence-corrected chi connectivity index (χ4v) is 3.73. The normalized spacial score (nSPS) is 24.7. The lowest BCUT2D eigenvalue weighted by molar-refractivity contribution is -0.130. The van der Waals surface area contributed by atoms with Crippen molar-refractivity contribution in [1.29, 1.82) is 0 Å². The first-order valence-electron chi connectivity index (χ1n) is 8.29. The highest BCUT2D eigenvalue weighted by atomic mass is 16.5. The summed E-state index contributed by atoms with van der Waals surface area (Å²) in [5.74, 6) is 2.63. The van der Waals surface area contributed by atoms with Crippen LogP contribution in [0.15, 0.2) is 18.2 Å². The number of hydrogen-bond acceptors (Lipinski definition) is 3. The fraction of sp³-hybridized carbons (Fsp3) is 0.611. The summed E-state index contributed by atoms with van der Waals surface area (Å²) in [6.45, 7) is 6.09. The van der Waals surface area contributed by atoms with Gasteiger partial charge in [-0.1, -0.05) is 12.1 Å². The van der Waals surface area contributed by atoms with E-state index in [1.807, 2.05) is 25.1 Å². The molecule has 2 atom stereocenters. The molecule has 0 radical (unpaired) electrons. The Kier molecular flexibility index (Phi) is 4.67. The first kappa shape index (κ1) is 15.3. The van der Waals surface area contributed by atoms with Gasteiger partial charge in [0.2, 0.25) is 5.91 Å². The summed E-state index contributed by atoms with van der Waals surface area (Å²) in [6.07, 6.45) is 2.76. The van der Waals surface area contributed by atoms with Gasteiger partial charge in [0.05, 0.1) is 13.5 Å². The maximum absolute atomic E-state index is 12.6. The molecule has 0 saturated carbocycles. The topological polar surface area (TPSA) is 41.6 Å². The van der Waals surface area contributed by atoms with E-state index in [1.165, 1.54) is 0 Å². The minimum atomic E-state index is 0.249. The zero-order valence-electron chi connectivity index (χ0n) is 13.6. The van der Waals surface area contributed by atoms with Gasteiger partial charge in [-0.3, -0.25) is 4.79 Å². The lowest BCUT2D eigenvalue weighted by atomic mass is 9.92. The molecule has 0 bridgehead atoms. The van der Waals surface area contributed by atoms with Crippen molar-refractivity contribution < 1.29 is 9.53 Å². The largest absolute Gasteiger partial charge is 0.496 e. The lowest BCUT2D eigenvalue weighted by Gasteiger charge is -2.21. The first-order valence-corrected chi connectivity index (χ1v) is 8.29. The van der Waals surface area contributed by atoms with E-state index in [0.717, 1.165) is 67.7 Å². The zero-order chi connectivity index (χ0) is 15.5. The van der Waals surface area contributed by atoms with Crippen LogP contribution in [-0.4, -0.2) is 44.1 Å². The number of hydrogen-bond donors (Lipinski definition) is 1. The second-order valence-corrected chi connectivity index (χ2v) is 6.62. The number of nitrogens with one attached hydrogen (secondary N) is 1. The number of amides is 1. The van der Waals surface area contributed by atoms with E-state index in [-0.39, 0.29) is 5.91 Å². The van der Waals surface area contributed by atoms with E-state index in [2.05, 4.69) is 10.2 Å². The molecule has 3 rings (SSSR count). The van der Waals surface area contributed by atoms with Crippen LogP contribution in [0.3, 0.4) is 0 Å². The molecular weight excluding hydrogens is 276 g/mol. The van der Waals surface area contributed by atoms with E-state index in [1.54, 1.807) is 7.11 Å². The van der Waals surface area contributed by atoms with Crippen LogP contribution in [0.5, 0.6) is 5.75 Å². The number of aryl methyl sites for hydroxylation is 1. The van der Waals surface area contributed by atoms with Crippen molar-refractivity contribution in [1.82, 2.24) is 10.2 Å². The maximum atomic E-state index is 12.6. The molecule has 4 nitrogen and oxygen atoms in total. The number of ether oxygens (including phenoxy) is 1. The highest BCUT2D eigenvalue weighted by molar-refractivity contribution is 5.79. The van der Waals surface area contributed by atoms with Gasteiger partial charge in [-0.2, -0.15) is 0 Å². The molecule has 2 heterocycles. The van der Waals surface area contributed by atoms with Gasteiger partial charge in [-0.15, -0.1) is 0 Å². The van der Waals surface area contributed by atoms with Crippen LogP contribution < -0.4 is 10.1 Å². The summed E-state index contributed by atoms with van der Waals surface area (Å²) in [6, 6.07) is 6.05. The van der Waals surface area contributed by atoms with Gasteiger partial charge >= 0.3 is 0 Å². The van der Waals surface area contributed by atoms with Gasteiger partial charge in [0.15, 0.2) is 0 Å². The molecule has 2 saturated heterocycles. The number of carbonyl (C=O) groups is 1. The Morgan fingerprint density at radius 1 is 1.27 bits per heavy atom. The van der Waals surface area contributed by atoms with Crippen molar-refractivity contribution in [2.24, 2.45) is 11.8 Å². The fourth-order valence-electron chi connectivity index (χ4n) is 3.73. The molecule has 2 aliphatic heterocycles. The Morgan fingerprint density at radius 3 is 2.59 bits per heavy atom. The van der Waals surface area contributed by atoms with E-state index in [0.29, 0.717) is 6.42 Å². The highest BCUT2D eigenvalue weighted by Gasteiger charge is 2.31. The summed E-state index contributed by atoms with van der Waals surface area (Å²) in [5.41, 5.74) is 2.15. The zero-order valence-corrected chi connectivity index (χ0v) is 13.6. The van der Waals surface area contributed by atoms with Gasteiger partial charge in [0, 0.05) is 13.1 Å². The van der Waals surface area contributed by atoms with Gasteiger partial charge in [-0.25, -0.2) is 0 Å². The molecule has 22 heavy (non-hydrogen) atoms. The minimum Gasteiger partial charge on any atom is -0.496 e. The summed E-state index contributed by atoms with van der Waals surface area (Å²) >= 11 is 0. The van der Waals surface area contributed by atoms with Crippen molar-refractivity contribution in [3.05, 3.63) is 29.3 Å². The molecule has 1 N–H and O–H groups in total. The Labute approximate surface area is 132 Å². The number of methoxy groups -OCH3 is 1.